The molecular formula is C18H34S. The Labute approximate surface area is 126 Å². The van der Waals surface area contributed by atoms with Crippen LogP contribution in [0.4, 0.5) is 0 Å². The standard InChI is InChI=1S/C18H34S/c19-18-16-14-12-10-8-6-4-2-1-3-5-7-9-11-13-15-17-18/h1-17H2. The van der Waals surface area contributed by atoms with Crippen LogP contribution in [0.15, 0.2) is 0 Å². The van der Waals surface area contributed by atoms with Gasteiger partial charge in [0.15, 0.2) is 0 Å². The van der Waals surface area contributed by atoms with Gasteiger partial charge in [-0.15, -0.1) is 0 Å². The van der Waals surface area contributed by atoms with Crippen molar-refractivity contribution < 1.29 is 0 Å². The molecule has 112 valence electrons. The van der Waals surface area contributed by atoms with Crippen LogP contribution in [0.5, 0.6) is 0 Å². The lowest BCUT2D eigenvalue weighted by atomic mass is 10.0. The minimum atomic E-state index is 1.22. The van der Waals surface area contributed by atoms with Gasteiger partial charge in [0.05, 0.1) is 0 Å². The third-order valence-corrected chi connectivity index (χ3v) is 4.82. The monoisotopic (exact) mass is 282 g/mol. The minimum absolute atomic E-state index is 1.22. The maximum absolute atomic E-state index is 5.48. The third-order valence-electron chi connectivity index (χ3n) is 4.41. The average Bonchev–Trinajstić information content (AvgIpc) is 2.41. The molecule has 0 nitrogen and oxygen atoms in total. The smallest absolute Gasteiger partial charge is 0.00715 e. The summed E-state index contributed by atoms with van der Waals surface area (Å²) in [6.45, 7) is 0. The summed E-state index contributed by atoms with van der Waals surface area (Å²) >= 11 is 5.48. The maximum Gasteiger partial charge on any atom is -0.00715 e. The molecule has 1 rings (SSSR count). The van der Waals surface area contributed by atoms with Crippen molar-refractivity contribution in [2.24, 2.45) is 0 Å². The Balaban J connectivity index is 2.10. The highest BCUT2D eigenvalue weighted by atomic mass is 32.1. The van der Waals surface area contributed by atoms with Gasteiger partial charge in [-0.25, -0.2) is 0 Å². The Morgan fingerprint density at radius 1 is 0.368 bits per heavy atom. The van der Waals surface area contributed by atoms with Gasteiger partial charge in [-0.1, -0.05) is 95.7 Å². The van der Waals surface area contributed by atoms with Crippen molar-refractivity contribution in [2.45, 2.75) is 109 Å². The Bertz CT molecular complexity index is 190. The summed E-state index contributed by atoms with van der Waals surface area (Å²) in [5, 5.41) is 0. The van der Waals surface area contributed by atoms with Crippen molar-refractivity contribution in [3.8, 4) is 0 Å². The Kier molecular flexibility index (Phi) is 11.8. The first-order valence-electron chi connectivity index (χ1n) is 8.91. The van der Waals surface area contributed by atoms with Gasteiger partial charge in [0.2, 0.25) is 0 Å². The zero-order valence-corrected chi connectivity index (χ0v) is 13.7. The van der Waals surface area contributed by atoms with Gasteiger partial charge in [-0.3, -0.25) is 0 Å². The summed E-state index contributed by atoms with van der Waals surface area (Å²) in [7, 11) is 0. The molecule has 0 aromatic rings. The average molecular weight is 283 g/mol. The molecule has 1 aliphatic carbocycles. The van der Waals surface area contributed by atoms with Crippen LogP contribution in [-0.4, -0.2) is 4.86 Å². The lowest BCUT2D eigenvalue weighted by Gasteiger charge is -2.06. The van der Waals surface area contributed by atoms with E-state index in [1.165, 1.54) is 114 Å². The normalized spacial score (nSPS) is 23.5. The molecule has 0 spiro atoms. The van der Waals surface area contributed by atoms with Crippen molar-refractivity contribution in [2.75, 3.05) is 0 Å². The van der Waals surface area contributed by atoms with E-state index in [4.69, 9.17) is 12.2 Å². The number of hydrogen-bond acceptors (Lipinski definition) is 1. The largest absolute Gasteiger partial charge is 0.0897 e. The number of hydrogen-bond donors (Lipinski definition) is 0. The fourth-order valence-electron chi connectivity index (χ4n) is 3.07. The summed E-state index contributed by atoms with van der Waals surface area (Å²) in [5.41, 5.74) is 0. The predicted octanol–water partition coefficient (Wildman–Crippen LogP) is 7.00. The maximum atomic E-state index is 5.48. The molecule has 0 saturated heterocycles. The lowest BCUT2D eigenvalue weighted by molar-refractivity contribution is 0.530. The van der Waals surface area contributed by atoms with Gasteiger partial charge in [-0.05, 0) is 30.5 Å². The first kappa shape index (κ1) is 17.1. The molecule has 1 heteroatoms. The van der Waals surface area contributed by atoms with E-state index in [9.17, 15) is 0 Å². The summed E-state index contributed by atoms with van der Waals surface area (Å²) in [6, 6.07) is 0. The first-order chi connectivity index (χ1) is 9.39. The van der Waals surface area contributed by atoms with Crippen LogP contribution in [0.2, 0.25) is 0 Å². The van der Waals surface area contributed by atoms with Crippen LogP contribution in [0.25, 0.3) is 0 Å². The van der Waals surface area contributed by atoms with Crippen LogP contribution in [0.1, 0.15) is 109 Å². The number of rotatable bonds is 0. The fourth-order valence-corrected chi connectivity index (χ4v) is 3.36. The second-order valence-corrected chi connectivity index (χ2v) is 6.92. The molecule has 0 unspecified atom stereocenters. The van der Waals surface area contributed by atoms with Crippen molar-refractivity contribution in [1.82, 2.24) is 0 Å². The van der Waals surface area contributed by atoms with Crippen molar-refractivity contribution in [1.29, 1.82) is 0 Å². The summed E-state index contributed by atoms with van der Waals surface area (Å²) < 4.78 is 0. The SMILES string of the molecule is S=C1CCCCCCCCCCCCCCCCC1. The van der Waals surface area contributed by atoms with Crippen LogP contribution < -0.4 is 0 Å². The van der Waals surface area contributed by atoms with E-state index in [2.05, 4.69) is 0 Å². The lowest BCUT2D eigenvalue weighted by Crippen LogP contribution is -1.95. The highest BCUT2D eigenvalue weighted by molar-refractivity contribution is 7.80. The van der Waals surface area contributed by atoms with Gasteiger partial charge in [0.25, 0.3) is 0 Å². The molecule has 0 aliphatic heterocycles. The first-order valence-corrected chi connectivity index (χ1v) is 9.32. The molecule has 0 radical (unpaired) electrons. The number of thiocarbonyl (C=S) groups is 1. The molecule has 0 aromatic carbocycles. The molecule has 1 saturated carbocycles. The van der Waals surface area contributed by atoms with Crippen molar-refractivity contribution in [3.63, 3.8) is 0 Å². The van der Waals surface area contributed by atoms with Crippen molar-refractivity contribution in [3.05, 3.63) is 0 Å². The van der Waals surface area contributed by atoms with Gasteiger partial charge in [0, 0.05) is 0 Å². The topological polar surface area (TPSA) is 0 Å². The van der Waals surface area contributed by atoms with Gasteiger partial charge >= 0.3 is 0 Å². The Hall–Kier alpha value is 0.0900. The second kappa shape index (κ2) is 13.1. The summed E-state index contributed by atoms with van der Waals surface area (Å²) in [4.78, 5) is 1.35. The highest BCUT2D eigenvalue weighted by Gasteiger charge is 1.99. The van der Waals surface area contributed by atoms with Crippen molar-refractivity contribution >= 4 is 17.1 Å². The Morgan fingerprint density at radius 2 is 0.579 bits per heavy atom. The van der Waals surface area contributed by atoms with E-state index in [1.54, 1.807) is 0 Å². The summed E-state index contributed by atoms with van der Waals surface area (Å²) in [6.07, 6.45) is 24.0. The molecule has 0 aromatic heterocycles. The molecule has 1 aliphatic rings. The van der Waals surface area contributed by atoms with Gasteiger partial charge < -0.3 is 0 Å². The molecule has 0 amide bonds. The van der Waals surface area contributed by atoms with E-state index < -0.39 is 0 Å². The van der Waals surface area contributed by atoms with Crippen LogP contribution in [-0.2, 0) is 0 Å². The second-order valence-electron chi connectivity index (χ2n) is 6.34. The fraction of sp³-hybridized carbons (Fsp3) is 0.944. The van der Waals surface area contributed by atoms with Gasteiger partial charge in [-0.2, -0.15) is 0 Å². The third kappa shape index (κ3) is 11.6. The highest BCUT2D eigenvalue weighted by Crippen LogP contribution is 2.16. The Morgan fingerprint density at radius 3 is 0.842 bits per heavy atom. The van der Waals surface area contributed by atoms with Crippen LogP contribution in [0, 0.1) is 0 Å². The van der Waals surface area contributed by atoms with Gasteiger partial charge in [0.1, 0.15) is 0 Å². The predicted molar refractivity (Wildman–Crippen MR) is 91.1 cm³/mol. The van der Waals surface area contributed by atoms with E-state index in [0.29, 0.717) is 0 Å². The van der Waals surface area contributed by atoms with E-state index in [-0.39, 0.29) is 0 Å². The molecule has 19 heavy (non-hydrogen) atoms. The molecule has 0 heterocycles. The minimum Gasteiger partial charge on any atom is -0.0897 e. The molecule has 0 N–H and O–H groups in total. The molecule has 0 atom stereocenters. The molecule has 0 bridgehead atoms. The van der Waals surface area contributed by atoms with Crippen LogP contribution in [0.3, 0.4) is 0 Å². The quantitative estimate of drug-likeness (QED) is 0.431. The zero-order chi connectivity index (χ0) is 13.6. The van der Waals surface area contributed by atoms with E-state index in [1.807, 2.05) is 0 Å². The van der Waals surface area contributed by atoms with E-state index >= 15 is 0 Å². The summed E-state index contributed by atoms with van der Waals surface area (Å²) in [5.74, 6) is 0. The molecule has 1 fully saturated rings. The molecular weight excluding hydrogens is 248 g/mol. The zero-order valence-electron chi connectivity index (χ0n) is 12.9. The van der Waals surface area contributed by atoms with E-state index in [0.717, 1.165) is 0 Å². The van der Waals surface area contributed by atoms with Crippen LogP contribution >= 0.6 is 12.2 Å².